The van der Waals surface area contributed by atoms with Crippen LogP contribution in [0.3, 0.4) is 0 Å². The summed E-state index contributed by atoms with van der Waals surface area (Å²) >= 11 is 5.94. The highest BCUT2D eigenvalue weighted by atomic mass is 35.5. The fraction of sp³-hybridized carbons (Fsp3) is 0.0526. The van der Waals surface area contributed by atoms with Gasteiger partial charge in [-0.2, -0.15) is 0 Å². The van der Waals surface area contributed by atoms with E-state index in [0.29, 0.717) is 16.3 Å². The van der Waals surface area contributed by atoms with Gasteiger partial charge < -0.3 is 10.2 Å². The number of hydrogen-bond donors (Lipinski definition) is 1. The number of amides is 1. The number of anilines is 3. The van der Waals surface area contributed by atoms with Crippen molar-refractivity contribution in [2.75, 3.05) is 17.3 Å². The molecule has 120 valence electrons. The quantitative estimate of drug-likeness (QED) is 0.746. The van der Waals surface area contributed by atoms with E-state index in [1.165, 1.54) is 0 Å². The lowest BCUT2D eigenvalue weighted by Gasteiger charge is -2.19. The van der Waals surface area contributed by atoms with Gasteiger partial charge in [0.05, 0.1) is 17.4 Å². The molecule has 2 aromatic carbocycles. The Kier molecular flexibility index (Phi) is 4.77. The van der Waals surface area contributed by atoms with Gasteiger partial charge >= 0.3 is 0 Å². The van der Waals surface area contributed by atoms with Crippen LogP contribution in [0.1, 0.15) is 10.4 Å². The Balaban J connectivity index is 1.81. The lowest BCUT2D eigenvalue weighted by molar-refractivity contribution is 0.102. The molecule has 0 saturated carbocycles. The number of carbonyl (C=O) groups is 1. The Hall–Kier alpha value is -2.85. The van der Waals surface area contributed by atoms with E-state index in [2.05, 4.69) is 10.3 Å². The van der Waals surface area contributed by atoms with Gasteiger partial charge in [0, 0.05) is 29.6 Å². The molecule has 0 aliphatic rings. The van der Waals surface area contributed by atoms with E-state index in [0.717, 1.165) is 11.4 Å². The third-order valence-electron chi connectivity index (χ3n) is 3.60. The number of pyridine rings is 1. The molecule has 0 atom stereocenters. The highest BCUT2D eigenvalue weighted by molar-refractivity contribution is 6.30. The van der Waals surface area contributed by atoms with Crippen LogP contribution in [0.4, 0.5) is 17.1 Å². The average Bonchev–Trinajstić information content (AvgIpc) is 2.62. The second-order valence-corrected chi connectivity index (χ2v) is 5.73. The largest absolute Gasteiger partial charge is 0.343 e. The smallest absolute Gasteiger partial charge is 0.257 e. The fourth-order valence-corrected chi connectivity index (χ4v) is 2.50. The van der Waals surface area contributed by atoms with Gasteiger partial charge in [0.25, 0.3) is 5.91 Å². The summed E-state index contributed by atoms with van der Waals surface area (Å²) < 4.78 is 0. The van der Waals surface area contributed by atoms with Crippen LogP contribution in [0.25, 0.3) is 0 Å². The standard InChI is InChI=1S/C19H16ClN3O/c1-23(17-8-3-2-4-9-17)18-10-14(12-21-13-18)19(24)22-16-7-5-6-15(20)11-16/h2-13H,1H3,(H,22,24). The first-order chi connectivity index (χ1) is 11.6. The predicted octanol–water partition coefficient (Wildman–Crippen LogP) is 4.76. The monoisotopic (exact) mass is 337 g/mol. The lowest BCUT2D eigenvalue weighted by Crippen LogP contribution is -2.14. The topological polar surface area (TPSA) is 45.2 Å². The number of carbonyl (C=O) groups excluding carboxylic acids is 1. The molecule has 0 aliphatic carbocycles. The van der Waals surface area contributed by atoms with Crippen molar-refractivity contribution in [3.05, 3.63) is 83.6 Å². The van der Waals surface area contributed by atoms with E-state index >= 15 is 0 Å². The van der Waals surface area contributed by atoms with Crippen molar-refractivity contribution < 1.29 is 4.79 Å². The van der Waals surface area contributed by atoms with Crippen LogP contribution in [-0.2, 0) is 0 Å². The van der Waals surface area contributed by atoms with Crippen LogP contribution < -0.4 is 10.2 Å². The maximum Gasteiger partial charge on any atom is 0.257 e. The van der Waals surface area contributed by atoms with Gasteiger partial charge in [-0.25, -0.2) is 0 Å². The Labute approximate surface area is 145 Å². The van der Waals surface area contributed by atoms with Crippen molar-refractivity contribution in [1.29, 1.82) is 0 Å². The molecule has 1 heterocycles. The second kappa shape index (κ2) is 7.15. The third kappa shape index (κ3) is 3.73. The van der Waals surface area contributed by atoms with Gasteiger partial charge in [-0.05, 0) is 36.4 Å². The first kappa shape index (κ1) is 16.0. The molecule has 1 N–H and O–H groups in total. The Bertz CT molecular complexity index is 852. The molecule has 0 radical (unpaired) electrons. The number of para-hydroxylation sites is 1. The van der Waals surface area contributed by atoms with Crippen molar-refractivity contribution in [1.82, 2.24) is 4.98 Å². The van der Waals surface area contributed by atoms with Gasteiger partial charge in [-0.15, -0.1) is 0 Å². The number of nitrogens with one attached hydrogen (secondary N) is 1. The van der Waals surface area contributed by atoms with E-state index in [-0.39, 0.29) is 5.91 Å². The van der Waals surface area contributed by atoms with Crippen molar-refractivity contribution in [3.8, 4) is 0 Å². The maximum absolute atomic E-state index is 12.4. The summed E-state index contributed by atoms with van der Waals surface area (Å²) in [6.07, 6.45) is 3.27. The lowest BCUT2D eigenvalue weighted by atomic mass is 10.2. The molecule has 0 spiro atoms. The van der Waals surface area contributed by atoms with Crippen LogP contribution >= 0.6 is 11.6 Å². The Morgan fingerprint density at radius 1 is 1.00 bits per heavy atom. The molecule has 5 heteroatoms. The molecule has 0 bridgehead atoms. The Morgan fingerprint density at radius 2 is 1.79 bits per heavy atom. The molecular weight excluding hydrogens is 322 g/mol. The van der Waals surface area contributed by atoms with Gasteiger partial charge in [-0.1, -0.05) is 35.9 Å². The SMILES string of the molecule is CN(c1ccccc1)c1cncc(C(=O)Nc2cccc(Cl)c2)c1. The Morgan fingerprint density at radius 3 is 2.54 bits per heavy atom. The van der Waals surface area contributed by atoms with Gasteiger partial charge in [-0.3, -0.25) is 9.78 Å². The zero-order valence-electron chi connectivity index (χ0n) is 13.1. The fourth-order valence-electron chi connectivity index (χ4n) is 2.31. The summed E-state index contributed by atoms with van der Waals surface area (Å²) in [6, 6.07) is 18.7. The number of aromatic nitrogens is 1. The molecule has 1 aromatic heterocycles. The maximum atomic E-state index is 12.4. The van der Waals surface area contributed by atoms with Crippen LogP contribution in [-0.4, -0.2) is 17.9 Å². The first-order valence-electron chi connectivity index (χ1n) is 7.44. The van der Waals surface area contributed by atoms with Crippen molar-refractivity contribution in [2.45, 2.75) is 0 Å². The predicted molar refractivity (Wildman–Crippen MR) is 98.1 cm³/mol. The van der Waals surface area contributed by atoms with Crippen molar-refractivity contribution in [2.24, 2.45) is 0 Å². The number of rotatable bonds is 4. The van der Waals surface area contributed by atoms with Crippen LogP contribution in [0.15, 0.2) is 73.1 Å². The molecule has 0 saturated heterocycles. The van der Waals surface area contributed by atoms with Crippen molar-refractivity contribution >= 4 is 34.6 Å². The zero-order chi connectivity index (χ0) is 16.9. The molecule has 24 heavy (non-hydrogen) atoms. The van der Waals surface area contributed by atoms with E-state index in [1.807, 2.05) is 42.3 Å². The zero-order valence-corrected chi connectivity index (χ0v) is 13.9. The summed E-state index contributed by atoms with van der Waals surface area (Å²) in [5, 5.41) is 3.40. The summed E-state index contributed by atoms with van der Waals surface area (Å²) in [5.41, 5.74) is 2.98. The average molecular weight is 338 g/mol. The summed E-state index contributed by atoms with van der Waals surface area (Å²) in [7, 11) is 1.94. The van der Waals surface area contributed by atoms with Crippen LogP contribution in [0.2, 0.25) is 5.02 Å². The molecule has 3 aromatic rings. The molecule has 0 unspecified atom stereocenters. The summed E-state index contributed by atoms with van der Waals surface area (Å²) in [6.45, 7) is 0. The minimum absolute atomic E-state index is 0.229. The van der Waals surface area contributed by atoms with Gasteiger partial charge in [0.2, 0.25) is 0 Å². The minimum Gasteiger partial charge on any atom is -0.343 e. The van der Waals surface area contributed by atoms with Crippen LogP contribution in [0, 0.1) is 0 Å². The minimum atomic E-state index is -0.229. The molecule has 4 nitrogen and oxygen atoms in total. The second-order valence-electron chi connectivity index (χ2n) is 5.29. The van der Waals surface area contributed by atoms with E-state index in [1.54, 1.807) is 42.7 Å². The molecule has 3 rings (SSSR count). The molecular formula is C19H16ClN3O. The highest BCUT2D eigenvalue weighted by Crippen LogP contribution is 2.23. The molecule has 0 aliphatic heterocycles. The number of hydrogen-bond acceptors (Lipinski definition) is 3. The normalized spacial score (nSPS) is 10.2. The first-order valence-corrected chi connectivity index (χ1v) is 7.82. The van der Waals surface area contributed by atoms with Gasteiger partial charge in [0.1, 0.15) is 0 Å². The van der Waals surface area contributed by atoms with Crippen LogP contribution in [0.5, 0.6) is 0 Å². The summed E-state index contributed by atoms with van der Waals surface area (Å²) in [4.78, 5) is 18.6. The van der Waals surface area contributed by atoms with E-state index in [9.17, 15) is 4.79 Å². The number of nitrogens with zero attached hydrogens (tertiary/aromatic N) is 2. The van der Waals surface area contributed by atoms with Crippen molar-refractivity contribution in [3.63, 3.8) is 0 Å². The highest BCUT2D eigenvalue weighted by Gasteiger charge is 2.10. The van der Waals surface area contributed by atoms with E-state index in [4.69, 9.17) is 11.6 Å². The van der Waals surface area contributed by atoms with Gasteiger partial charge in [0.15, 0.2) is 0 Å². The number of halogens is 1. The molecule has 1 amide bonds. The van der Waals surface area contributed by atoms with E-state index < -0.39 is 0 Å². The number of benzene rings is 2. The molecule has 0 fully saturated rings. The summed E-state index contributed by atoms with van der Waals surface area (Å²) in [5.74, 6) is -0.229. The third-order valence-corrected chi connectivity index (χ3v) is 3.83.